The summed E-state index contributed by atoms with van der Waals surface area (Å²) in [4.78, 5) is 12.4. The average molecular weight is 329 g/mol. The number of benzene rings is 1. The summed E-state index contributed by atoms with van der Waals surface area (Å²) in [6.07, 6.45) is 8.00. The molecular weight excluding hydrogens is 296 g/mol. The van der Waals surface area contributed by atoms with Crippen LogP contribution in [0.5, 0.6) is 0 Å². The van der Waals surface area contributed by atoms with Gasteiger partial charge in [0.25, 0.3) is 0 Å². The van der Waals surface area contributed by atoms with Crippen molar-refractivity contribution in [2.45, 2.75) is 51.9 Å². The summed E-state index contributed by atoms with van der Waals surface area (Å²) in [5, 5.41) is 6.67. The standard InChI is InChI=1S/C21H32N2O/c1-17(19-8-12-22-13-9-19)14-20(24)23-16-21(10-5-11-21)15-18-6-3-2-4-7-18/h2-4,6-7,17,19,22H,5,8-16H2,1H3,(H,23,24). The van der Waals surface area contributed by atoms with Crippen LogP contribution in [-0.4, -0.2) is 25.5 Å². The molecule has 1 heterocycles. The molecule has 1 aliphatic carbocycles. The molecule has 1 unspecified atom stereocenters. The fraction of sp³-hybridized carbons (Fsp3) is 0.667. The molecule has 2 N–H and O–H groups in total. The molecule has 1 aromatic rings. The highest BCUT2D eigenvalue weighted by atomic mass is 16.1. The van der Waals surface area contributed by atoms with Crippen LogP contribution in [0.25, 0.3) is 0 Å². The molecular formula is C21H32N2O. The Bertz CT molecular complexity index is 518. The second-order valence-corrected chi connectivity index (χ2v) is 8.06. The van der Waals surface area contributed by atoms with Crippen molar-refractivity contribution in [3.05, 3.63) is 35.9 Å². The molecule has 1 atom stereocenters. The van der Waals surface area contributed by atoms with E-state index in [2.05, 4.69) is 47.9 Å². The van der Waals surface area contributed by atoms with E-state index in [0.717, 1.165) is 26.1 Å². The van der Waals surface area contributed by atoms with Crippen molar-refractivity contribution in [1.82, 2.24) is 10.6 Å². The third-order valence-corrected chi connectivity index (χ3v) is 6.19. The summed E-state index contributed by atoms with van der Waals surface area (Å²) in [6, 6.07) is 10.7. The first-order chi connectivity index (χ1) is 11.7. The average Bonchev–Trinajstić information content (AvgIpc) is 2.59. The third-order valence-electron chi connectivity index (χ3n) is 6.19. The lowest BCUT2D eigenvalue weighted by Crippen LogP contribution is -2.44. The molecule has 0 aromatic heterocycles. The summed E-state index contributed by atoms with van der Waals surface area (Å²) >= 11 is 0. The highest BCUT2D eigenvalue weighted by Gasteiger charge is 2.37. The number of piperidine rings is 1. The quantitative estimate of drug-likeness (QED) is 0.804. The molecule has 3 nitrogen and oxygen atoms in total. The number of rotatable bonds is 7. The summed E-state index contributed by atoms with van der Waals surface area (Å²) in [7, 11) is 0. The van der Waals surface area contributed by atoms with Gasteiger partial charge in [0.2, 0.25) is 5.91 Å². The van der Waals surface area contributed by atoms with Crippen molar-refractivity contribution in [2.75, 3.05) is 19.6 Å². The Labute approximate surface area is 146 Å². The maximum absolute atomic E-state index is 12.4. The van der Waals surface area contributed by atoms with Crippen molar-refractivity contribution in [2.24, 2.45) is 17.3 Å². The van der Waals surface area contributed by atoms with Crippen molar-refractivity contribution in [1.29, 1.82) is 0 Å². The number of hydrogen-bond donors (Lipinski definition) is 2. The van der Waals surface area contributed by atoms with Crippen LogP contribution in [0.3, 0.4) is 0 Å². The second-order valence-electron chi connectivity index (χ2n) is 8.06. The van der Waals surface area contributed by atoms with E-state index < -0.39 is 0 Å². The maximum atomic E-state index is 12.4. The molecule has 1 saturated heterocycles. The summed E-state index contributed by atoms with van der Waals surface area (Å²) in [5.41, 5.74) is 1.70. The Kier molecular flexibility index (Phi) is 5.94. The van der Waals surface area contributed by atoms with Crippen molar-refractivity contribution in [3.63, 3.8) is 0 Å². The molecule has 2 aliphatic rings. The van der Waals surface area contributed by atoms with Gasteiger partial charge in [-0.15, -0.1) is 0 Å². The smallest absolute Gasteiger partial charge is 0.220 e. The van der Waals surface area contributed by atoms with E-state index in [1.165, 1.54) is 37.7 Å². The molecule has 1 saturated carbocycles. The Hall–Kier alpha value is -1.35. The predicted molar refractivity (Wildman–Crippen MR) is 98.8 cm³/mol. The minimum atomic E-state index is 0.250. The van der Waals surface area contributed by atoms with Crippen LogP contribution in [0.1, 0.15) is 51.0 Å². The van der Waals surface area contributed by atoms with Gasteiger partial charge in [-0.05, 0) is 68.0 Å². The van der Waals surface area contributed by atoms with E-state index in [1.807, 2.05) is 0 Å². The van der Waals surface area contributed by atoms with Gasteiger partial charge in [0.1, 0.15) is 0 Å². The lowest BCUT2D eigenvalue weighted by Gasteiger charge is -2.42. The lowest BCUT2D eigenvalue weighted by atomic mass is 9.65. The molecule has 0 radical (unpaired) electrons. The second kappa shape index (κ2) is 8.15. The minimum absolute atomic E-state index is 0.250. The van der Waals surface area contributed by atoms with E-state index >= 15 is 0 Å². The molecule has 0 bridgehead atoms. The normalized spacial score (nSPS) is 21.7. The first-order valence-corrected chi connectivity index (χ1v) is 9.68. The van der Waals surface area contributed by atoms with E-state index in [-0.39, 0.29) is 5.91 Å². The summed E-state index contributed by atoms with van der Waals surface area (Å²) in [5.74, 6) is 1.46. The zero-order valence-electron chi connectivity index (χ0n) is 15.0. The minimum Gasteiger partial charge on any atom is -0.356 e. The predicted octanol–water partition coefficient (Wildman–Crippen LogP) is 3.54. The van der Waals surface area contributed by atoms with Gasteiger partial charge in [-0.3, -0.25) is 4.79 Å². The van der Waals surface area contributed by atoms with Crippen LogP contribution in [0.4, 0.5) is 0 Å². The Morgan fingerprint density at radius 2 is 1.96 bits per heavy atom. The number of hydrogen-bond acceptors (Lipinski definition) is 2. The van der Waals surface area contributed by atoms with Gasteiger partial charge in [-0.25, -0.2) is 0 Å². The van der Waals surface area contributed by atoms with Gasteiger partial charge < -0.3 is 10.6 Å². The maximum Gasteiger partial charge on any atom is 0.220 e. The SMILES string of the molecule is CC(CC(=O)NCC1(Cc2ccccc2)CCC1)C1CCNCC1. The number of nitrogens with one attached hydrogen (secondary N) is 2. The first kappa shape index (κ1) is 17.5. The van der Waals surface area contributed by atoms with Crippen molar-refractivity contribution in [3.8, 4) is 0 Å². The molecule has 1 aliphatic heterocycles. The lowest BCUT2D eigenvalue weighted by molar-refractivity contribution is -0.123. The van der Waals surface area contributed by atoms with Crippen LogP contribution >= 0.6 is 0 Å². The molecule has 24 heavy (non-hydrogen) atoms. The van der Waals surface area contributed by atoms with Gasteiger partial charge in [0.15, 0.2) is 0 Å². The van der Waals surface area contributed by atoms with Gasteiger partial charge in [0, 0.05) is 13.0 Å². The highest BCUT2D eigenvalue weighted by Crippen LogP contribution is 2.43. The topological polar surface area (TPSA) is 41.1 Å². The van der Waals surface area contributed by atoms with Crippen molar-refractivity contribution < 1.29 is 4.79 Å². The molecule has 3 rings (SSSR count). The fourth-order valence-corrected chi connectivity index (χ4v) is 4.35. The summed E-state index contributed by atoms with van der Waals surface area (Å²) in [6.45, 7) is 5.31. The first-order valence-electron chi connectivity index (χ1n) is 9.68. The summed E-state index contributed by atoms with van der Waals surface area (Å²) < 4.78 is 0. The van der Waals surface area contributed by atoms with Crippen LogP contribution < -0.4 is 10.6 Å². The molecule has 0 spiro atoms. The van der Waals surface area contributed by atoms with Crippen LogP contribution in [0.15, 0.2) is 30.3 Å². The van der Waals surface area contributed by atoms with E-state index in [4.69, 9.17) is 0 Å². The Morgan fingerprint density at radius 3 is 2.58 bits per heavy atom. The molecule has 132 valence electrons. The highest BCUT2D eigenvalue weighted by molar-refractivity contribution is 5.76. The number of amides is 1. The zero-order chi connectivity index (χ0) is 16.8. The Balaban J connectivity index is 1.45. The van der Waals surface area contributed by atoms with Crippen LogP contribution in [0, 0.1) is 17.3 Å². The van der Waals surface area contributed by atoms with Gasteiger partial charge in [-0.2, -0.15) is 0 Å². The van der Waals surface area contributed by atoms with Gasteiger partial charge >= 0.3 is 0 Å². The molecule has 1 aromatic carbocycles. The molecule has 1 amide bonds. The van der Waals surface area contributed by atoms with Crippen LogP contribution in [0.2, 0.25) is 0 Å². The molecule has 3 heteroatoms. The monoisotopic (exact) mass is 328 g/mol. The number of carbonyl (C=O) groups is 1. The van der Waals surface area contributed by atoms with E-state index in [1.54, 1.807) is 0 Å². The molecule has 2 fully saturated rings. The number of carbonyl (C=O) groups excluding carboxylic acids is 1. The van der Waals surface area contributed by atoms with E-state index in [0.29, 0.717) is 23.7 Å². The third kappa shape index (κ3) is 4.60. The van der Waals surface area contributed by atoms with Gasteiger partial charge in [-0.1, -0.05) is 43.7 Å². The zero-order valence-corrected chi connectivity index (χ0v) is 15.0. The van der Waals surface area contributed by atoms with Crippen LogP contribution in [-0.2, 0) is 11.2 Å². The van der Waals surface area contributed by atoms with Gasteiger partial charge in [0.05, 0.1) is 0 Å². The fourth-order valence-electron chi connectivity index (χ4n) is 4.35. The largest absolute Gasteiger partial charge is 0.356 e. The van der Waals surface area contributed by atoms with E-state index in [9.17, 15) is 4.79 Å². The Morgan fingerprint density at radius 1 is 1.25 bits per heavy atom. The van der Waals surface area contributed by atoms with Crippen molar-refractivity contribution >= 4 is 5.91 Å².